The maximum atomic E-state index is 14.3. The molecule has 224 valence electrons. The van der Waals surface area contributed by atoms with Crippen LogP contribution in [-0.4, -0.2) is 43.8 Å². The van der Waals surface area contributed by atoms with Crippen LogP contribution in [0.25, 0.3) is 0 Å². The minimum Gasteiger partial charge on any atom is -0.352 e. The number of halogens is 1. The van der Waals surface area contributed by atoms with Crippen LogP contribution < -0.4 is 9.62 Å². The molecule has 4 rings (SSSR count). The van der Waals surface area contributed by atoms with Gasteiger partial charge in [-0.25, -0.2) is 8.42 Å². The third kappa shape index (κ3) is 7.53. The van der Waals surface area contributed by atoms with Crippen molar-refractivity contribution in [3.63, 3.8) is 0 Å². The van der Waals surface area contributed by atoms with Crippen molar-refractivity contribution in [3.8, 4) is 0 Å². The molecule has 9 heteroatoms. The van der Waals surface area contributed by atoms with Crippen molar-refractivity contribution in [1.29, 1.82) is 0 Å². The van der Waals surface area contributed by atoms with Gasteiger partial charge in [0.15, 0.2) is 0 Å². The van der Waals surface area contributed by atoms with Crippen LogP contribution in [0.3, 0.4) is 0 Å². The molecule has 0 bridgehead atoms. The maximum Gasteiger partial charge on any atom is 0.264 e. The predicted octanol–water partition coefficient (Wildman–Crippen LogP) is 6.33. The van der Waals surface area contributed by atoms with Crippen LogP contribution >= 0.6 is 11.6 Å². The van der Waals surface area contributed by atoms with Crippen molar-refractivity contribution < 1.29 is 18.0 Å². The lowest BCUT2D eigenvalue weighted by molar-refractivity contribution is -0.140. The zero-order valence-electron chi connectivity index (χ0n) is 24.8. The number of hydrogen-bond donors (Lipinski definition) is 1. The third-order valence-electron chi connectivity index (χ3n) is 7.87. The zero-order valence-corrected chi connectivity index (χ0v) is 26.3. The number of benzene rings is 3. The Bertz CT molecular complexity index is 1500. The first-order valence-corrected chi connectivity index (χ1v) is 16.3. The summed E-state index contributed by atoms with van der Waals surface area (Å²) in [5.41, 5.74) is 3.74. The Morgan fingerprint density at radius 1 is 0.929 bits per heavy atom. The molecule has 1 aliphatic rings. The van der Waals surface area contributed by atoms with Gasteiger partial charge in [-0.05, 0) is 87.1 Å². The molecular weight excluding hydrogens is 570 g/mol. The van der Waals surface area contributed by atoms with Gasteiger partial charge in [-0.15, -0.1) is 0 Å². The van der Waals surface area contributed by atoms with E-state index in [1.54, 1.807) is 42.5 Å². The van der Waals surface area contributed by atoms with Gasteiger partial charge in [-0.2, -0.15) is 0 Å². The molecule has 1 saturated carbocycles. The van der Waals surface area contributed by atoms with Gasteiger partial charge in [0.1, 0.15) is 12.6 Å². The highest BCUT2D eigenvalue weighted by Crippen LogP contribution is 2.29. The number of hydrogen-bond acceptors (Lipinski definition) is 4. The second-order valence-corrected chi connectivity index (χ2v) is 13.5. The first-order valence-electron chi connectivity index (χ1n) is 14.5. The highest BCUT2D eigenvalue weighted by molar-refractivity contribution is 7.92. The Balaban J connectivity index is 1.74. The number of amides is 2. The van der Waals surface area contributed by atoms with Crippen LogP contribution in [0, 0.1) is 20.8 Å². The van der Waals surface area contributed by atoms with Crippen molar-refractivity contribution in [1.82, 2.24) is 10.2 Å². The molecule has 1 aliphatic carbocycles. The molecule has 2 amide bonds. The second-order valence-electron chi connectivity index (χ2n) is 11.2. The van der Waals surface area contributed by atoms with Crippen LogP contribution in [0.15, 0.2) is 71.6 Å². The Hall–Kier alpha value is -3.36. The highest BCUT2D eigenvalue weighted by atomic mass is 35.5. The van der Waals surface area contributed by atoms with Crippen molar-refractivity contribution >= 4 is 39.1 Å². The fraction of sp³-hybridized carbons (Fsp3) is 0.394. The third-order valence-corrected chi connectivity index (χ3v) is 9.90. The molecule has 7 nitrogen and oxygen atoms in total. The van der Waals surface area contributed by atoms with Gasteiger partial charge in [-0.1, -0.05) is 73.3 Å². The largest absolute Gasteiger partial charge is 0.352 e. The van der Waals surface area contributed by atoms with E-state index in [9.17, 15) is 18.0 Å². The van der Waals surface area contributed by atoms with Gasteiger partial charge in [0, 0.05) is 17.6 Å². The zero-order chi connectivity index (χ0) is 30.4. The Kier molecular flexibility index (Phi) is 10.3. The Morgan fingerprint density at radius 2 is 1.55 bits per heavy atom. The number of nitrogens with one attached hydrogen (secondary N) is 1. The first kappa shape index (κ1) is 31.6. The summed E-state index contributed by atoms with van der Waals surface area (Å²) in [6.45, 7) is 7.14. The van der Waals surface area contributed by atoms with Gasteiger partial charge in [0.2, 0.25) is 11.8 Å². The van der Waals surface area contributed by atoms with Gasteiger partial charge in [-0.3, -0.25) is 13.9 Å². The normalized spacial score (nSPS) is 14.4. The van der Waals surface area contributed by atoms with E-state index >= 15 is 0 Å². The minimum atomic E-state index is -4.12. The van der Waals surface area contributed by atoms with E-state index < -0.39 is 28.5 Å². The van der Waals surface area contributed by atoms with Crippen LogP contribution in [0.2, 0.25) is 5.02 Å². The summed E-state index contributed by atoms with van der Waals surface area (Å²) >= 11 is 6.11. The summed E-state index contributed by atoms with van der Waals surface area (Å²) in [5, 5.41) is 3.70. The number of nitrogens with zero attached hydrogens (tertiary/aromatic N) is 2. The molecule has 0 aromatic heterocycles. The quantitative estimate of drug-likeness (QED) is 0.275. The van der Waals surface area contributed by atoms with Crippen molar-refractivity contribution in [2.75, 3.05) is 10.8 Å². The number of aryl methyl sites for hydroxylation is 3. The Morgan fingerprint density at radius 3 is 2.17 bits per heavy atom. The number of carbonyl (C=O) groups is 2. The SMILES string of the molecule is CC[C@H](C(=O)NC1CCCC1)N(Cc1ccc(Cl)cc1)C(=O)CN(c1cc(C)ccc1C)S(=O)(=O)c1ccc(C)cc1. The topological polar surface area (TPSA) is 86.8 Å². The molecule has 42 heavy (non-hydrogen) atoms. The van der Waals surface area contributed by atoms with Gasteiger partial charge >= 0.3 is 0 Å². The van der Waals surface area contributed by atoms with Crippen LogP contribution in [0.1, 0.15) is 61.3 Å². The maximum absolute atomic E-state index is 14.3. The van der Waals surface area contributed by atoms with Crippen molar-refractivity contribution in [2.45, 2.75) is 83.3 Å². The molecule has 0 saturated heterocycles. The predicted molar refractivity (Wildman–Crippen MR) is 168 cm³/mol. The lowest BCUT2D eigenvalue weighted by Gasteiger charge is -2.34. The lowest BCUT2D eigenvalue weighted by atomic mass is 10.1. The minimum absolute atomic E-state index is 0.0902. The van der Waals surface area contributed by atoms with E-state index in [1.807, 2.05) is 52.0 Å². The molecule has 0 aliphatic heterocycles. The molecule has 0 heterocycles. The van der Waals surface area contributed by atoms with E-state index in [4.69, 9.17) is 11.6 Å². The van der Waals surface area contributed by atoms with Crippen molar-refractivity contribution in [3.05, 3.63) is 94.0 Å². The van der Waals surface area contributed by atoms with E-state index in [2.05, 4.69) is 5.32 Å². The average Bonchev–Trinajstić information content (AvgIpc) is 3.47. The second kappa shape index (κ2) is 13.7. The smallest absolute Gasteiger partial charge is 0.264 e. The van der Waals surface area contributed by atoms with E-state index in [-0.39, 0.29) is 23.4 Å². The fourth-order valence-corrected chi connectivity index (χ4v) is 7.01. The van der Waals surface area contributed by atoms with Crippen LogP contribution in [0.5, 0.6) is 0 Å². The Labute approximate surface area is 254 Å². The number of sulfonamides is 1. The summed E-state index contributed by atoms with van der Waals surface area (Å²) in [5.74, 6) is -0.679. The summed E-state index contributed by atoms with van der Waals surface area (Å²) in [6.07, 6.45) is 4.35. The fourth-order valence-electron chi connectivity index (χ4n) is 5.41. The molecular formula is C33H40ClN3O4S. The molecule has 3 aromatic carbocycles. The van der Waals surface area contributed by atoms with Gasteiger partial charge in [0.25, 0.3) is 10.0 Å². The van der Waals surface area contributed by atoms with Gasteiger partial charge < -0.3 is 10.2 Å². The molecule has 1 N–H and O–H groups in total. The molecule has 0 unspecified atom stereocenters. The summed E-state index contributed by atoms with van der Waals surface area (Å²) in [7, 11) is -4.12. The monoisotopic (exact) mass is 609 g/mol. The molecule has 1 atom stereocenters. The summed E-state index contributed by atoms with van der Waals surface area (Å²) in [6, 6.07) is 18.6. The highest BCUT2D eigenvalue weighted by Gasteiger charge is 2.35. The molecule has 0 radical (unpaired) electrons. The molecule has 0 spiro atoms. The lowest BCUT2D eigenvalue weighted by Crippen LogP contribution is -2.53. The molecule has 3 aromatic rings. The van der Waals surface area contributed by atoms with E-state index in [1.165, 1.54) is 9.21 Å². The van der Waals surface area contributed by atoms with E-state index in [0.29, 0.717) is 17.1 Å². The van der Waals surface area contributed by atoms with Crippen LogP contribution in [0.4, 0.5) is 5.69 Å². The summed E-state index contributed by atoms with van der Waals surface area (Å²) < 4.78 is 29.4. The van der Waals surface area contributed by atoms with Crippen molar-refractivity contribution in [2.24, 2.45) is 0 Å². The first-order chi connectivity index (χ1) is 20.0. The standard InChI is InChI=1S/C33H40ClN3O4S/c1-5-30(33(39)35-28-8-6-7-9-28)36(21-26-14-16-27(34)17-15-26)32(38)22-37(31-20-24(3)10-13-25(31)4)42(40,41)29-18-11-23(2)12-19-29/h10-20,28,30H,5-9,21-22H2,1-4H3,(H,35,39)/t30-/m1/s1. The summed E-state index contributed by atoms with van der Waals surface area (Å²) in [4.78, 5) is 29.5. The molecule has 1 fully saturated rings. The number of anilines is 1. The number of carbonyl (C=O) groups excluding carboxylic acids is 2. The van der Waals surface area contributed by atoms with Gasteiger partial charge in [0.05, 0.1) is 10.6 Å². The van der Waals surface area contributed by atoms with Crippen LogP contribution in [-0.2, 0) is 26.2 Å². The van der Waals surface area contributed by atoms with E-state index in [0.717, 1.165) is 47.9 Å². The number of rotatable bonds is 11. The average molecular weight is 610 g/mol.